The van der Waals surface area contributed by atoms with E-state index in [1.165, 1.54) is 11.3 Å². The molecule has 1 aromatic carbocycles. The van der Waals surface area contributed by atoms with E-state index in [4.69, 9.17) is 0 Å². The molecular weight excluding hydrogens is 266 g/mol. The van der Waals surface area contributed by atoms with Crippen molar-refractivity contribution in [1.29, 1.82) is 0 Å². The van der Waals surface area contributed by atoms with Crippen LogP contribution in [0, 0.1) is 17.0 Å². The Morgan fingerprint density at radius 3 is 2.84 bits per heavy atom. The molecule has 0 fully saturated rings. The zero-order valence-electron chi connectivity index (χ0n) is 11.0. The summed E-state index contributed by atoms with van der Waals surface area (Å²) in [5.41, 5.74) is 1.27. The van der Waals surface area contributed by atoms with Gasteiger partial charge in [0.25, 0.3) is 5.69 Å². The van der Waals surface area contributed by atoms with E-state index in [2.05, 4.69) is 4.98 Å². The van der Waals surface area contributed by atoms with E-state index < -0.39 is 4.92 Å². The highest BCUT2D eigenvalue weighted by Gasteiger charge is 2.22. The van der Waals surface area contributed by atoms with Gasteiger partial charge in [-0.05, 0) is 19.9 Å². The van der Waals surface area contributed by atoms with Crippen molar-refractivity contribution in [3.8, 4) is 0 Å². The van der Waals surface area contributed by atoms with Crippen molar-refractivity contribution in [2.75, 3.05) is 18.6 Å². The number of rotatable bonds is 4. The first-order valence-corrected chi connectivity index (χ1v) is 6.65. The Balaban J connectivity index is 2.62. The standard InChI is InChI=1S/C12H15N3O3S/c1-7(6-16)14(3)10-4-9-12(19-8(2)13-9)5-11(10)15(17)18/h4-5,7,16H,6H2,1-3H3. The van der Waals surface area contributed by atoms with Gasteiger partial charge in [-0.25, -0.2) is 4.98 Å². The quantitative estimate of drug-likeness (QED) is 0.687. The highest BCUT2D eigenvalue weighted by Crippen LogP contribution is 2.35. The first-order chi connectivity index (χ1) is 8.93. The lowest BCUT2D eigenvalue weighted by Crippen LogP contribution is -2.32. The van der Waals surface area contributed by atoms with E-state index >= 15 is 0 Å². The fourth-order valence-corrected chi connectivity index (χ4v) is 2.70. The molecule has 0 aliphatic rings. The normalized spacial score (nSPS) is 12.6. The van der Waals surface area contributed by atoms with Crippen LogP contribution in [-0.2, 0) is 0 Å². The molecule has 1 aromatic heterocycles. The summed E-state index contributed by atoms with van der Waals surface area (Å²) in [6, 6.07) is 3.06. The van der Waals surface area contributed by atoms with Crippen molar-refractivity contribution in [3.63, 3.8) is 0 Å². The van der Waals surface area contributed by atoms with E-state index in [9.17, 15) is 15.2 Å². The van der Waals surface area contributed by atoms with Crippen LogP contribution >= 0.6 is 11.3 Å². The molecule has 1 N–H and O–H groups in total. The van der Waals surface area contributed by atoms with Crippen LogP contribution in [0.25, 0.3) is 10.2 Å². The summed E-state index contributed by atoms with van der Waals surface area (Å²) in [4.78, 5) is 16.8. The number of aliphatic hydroxyl groups is 1. The summed E-state index contributed by atoms with van der Waals surface area (Å²) >= 11 is 1.43. The van der Waals surface area contributed by atoms with Crippen molar-refractivity contribution in [2.24, 2.45) is 0 Å². The molecule has 1 unspecified atom stereocenters. The topological polar surface area (TPSA) is 79.5 Å². The number of nitro groups is 1. The number of benzene rings is 1. The molecule has 0 amide bonds. The van der Waals surface area contributed by atoms with Crippen molar-refractivity contribution >= 4 is 32.9 Å². The number of aliphatic hydroxyl groups excluding tert-OH is 1. The summed E-state index contributed by atoms with van der Waals surface area (Å²) < 4.78 is 0.804. The molecule has 0 radical (unpaired) electrons. The molecule has 7 heteroatoms. The zero-order valence-corrected chi connectivity index (χ0v) is 11.8. The number of nitrogens with zero attached hydrogens (tertiary/aromatic N) is 3. The van der Waals surface area contributed by atoms with Crippen molar-refractivity contribution in [2.45, 2.75) is 19.9 Å². The number of thiazole rings is 1. The van der Waals surface area contributed by atoms with Crippen LogP contribution in [0.1, 0.15) is 11.9 Å². The third-order valence-electron chi connectivity index (χ3n) is 3.09. The van der Waals surface area contributed by atoms with Crippen LogP contribution < -0.4 is 4.90 Å². The van der Waals surface area contributed by atoms with E-state index in [0.717, 1.165) is 15.2 Å². The molecule has 1 atom stereocenters. The average molecular weight is 281 g/mol. The Bertz CT molecular complexity index is 626. The van der Waals surface area contributed by atoms with Crippen LogP contribution in [0.3, 0.4) is 0 Å². The van der Waals surface area contributed by atoms with Crippen LogP contribution in [0.5, 0.6) is 0 Å². The molecule has 6 nitrogen and oxygen atoms in total. The molecule has 1 heterocycles. The van der Waals surface area contributed by atoms with E-state index in [0.29, 0.717) is 5.69 Å². The second-order valence-electron chi connectivity index (χ2n) is 4.44. The number of anilines is 1. The lowest BCUT2D eigenvalue weighted by atomic mass is 10.2. The SMILES string of the molecule is Cc1nc2cc(N(C)C(C)CO)c([N+](=O)[O-])cc2s1. The van der Waals surface area contributed by atoms with Crippen molar-refractivity contribution in [3.05, 3.63) is 27.3 Å². The average Bonchev–Trinajstić information content (AvgIpc) is 2.74. The van der Waals surface area contributed by atoms with Crippen LogP contribution in [0.2, 0.25) is 0 Å². The summed E-state index contributed by atoms with van der Waals surface area (Å²) in [5, 5.41) is 21.3. The summed E-state index contributed by atoms with van der Waals surface area (Å²) in [6.45, 7) is 3.61. The first kappa shape index (κ1) is 13.7. The number of hydrogen-bond donors (Lipinski definition) is 1. The van der Waals surface area contributed by atoms with Gasteiger partial charge < -0.3 is 10.0 Å². The van der Waals surface area contributed by atoms with Crippen LogP contribution in [-0.4, -0.2) is 34.7 Å². The minimum atomic E-state index is -0.398. The highest BCUT2D eigenvalue weighted by atomic mass is 32.1. The molecule has 0 aliphatic carbocycles. The highest BCUT2D eigenvalue weighted by molar-refractivity contribution is 7.18. The third kappa shape index (κ3) is 2.52. The lowest BCUT2D eigenvalue weighted by Gasteiger charge is -2.24. The van der Waals surface area contributed by atoms with Gasteiger partial charge in [0, 0.05) is 19.2 Å². The largest absolute Gasteiger partial charge is 0.394 e. The molecular formula is C12H15N3O3S. The van der Waals surface area contributed by atoms with E-state index in [-0.39, 0.29) is 18.3 Å². The second-order valence-corrected chi connectivity index (χ2v) is 5.68. The van der Waals surface area contributed by atoms with Gasteiger partial charge in [0.15, 0.2) is 0 Å². The van der Waals surface area contributed by atoms with Gasteiger partial charge in [-0.2, -0.15) is 0 Å². The monoisotopic (exact) mass is 281 g/mol. The maximum absolute atomic E-state index is 11.2. The minimum absolute atomic E-state index is 0.0407. The van der Waals surface area contributed by atoms with Gasteiger partial charge in [-0.1, -0.05) is 0 Å². The fraction of sp³-hybridized carbons (Fsp3) is 0.417. The summed E-state index contributed by atoms with van der Waals surface area (Å²) in [7, 11) is 1.73. The van der Waals surface area contributed by atoms with Crippen LogP contribution in [0.4, 0.5) is 11.4 Å². The number of aryl methyl sites for hydroxylation is 1. The van der Waals surface area contributed by atoms with Gasteiger partial charge in [0.1, 0.15) is 5.69 Å². The number of fused-ring (bicyclic) bond motifs is 1. The summed E-state index contributed by atoms with van der Waals surface area (Å²) in [6.07, 6.45) is 0. The molecule has 2 rings (SSSR count). The van der Waals surface area contributed by atoms with Gasteiger partial charge in [-0.15, -0.1) is 11.3 Å². The van der Waals surface area contributed by atoms with Gasteiger partial charge >= 0.3 is 0 Å². The fourth-order valence-electron chi connectivity index (χ4n) is 1.86. The van der Waals surface area contributed by atoms with Crippen LogP contribution in [0.15, 0.2) is 12.1 Å². The molecule has 0 aliphatic heterocycles. The molecule has 0 spiro atoms. The minimum Gasteiger partial charge on any atom is -0.394 e. The maximum Gasteiger partial charge on any atom is 0.294 e. The molecule has 0 saturated heterocycles. The predicted octanol–water partition coefficient (Wildman–Crippen LogP) is 2.33. The first-order valence-electron chi connectivity index (χ1n) is 5.83. The Hall–Kier alpha value is -1.73. The second kappa shape index (κ2) is 5.10. The molecule has 2 aromatic rings. The third-order valence-corrected chi connectivity index (χ3v) is 4.03. The summed E-state index contributed by atoms with van der Waals surface area (Å²) in [5.74, 6) is 0. The Labute approximate surface area is 114 Å². The lowest BCUT2D eigenvalue weighted by molar-refractivity contribution is -0.384. The molecule has 102 valence electrons. The molecule has 19 heavy (non-hydrogen) atoms. The number of hydrogen-bond acceptors (Lipinski definition) is 6. The van der Waals surface area contributed by atoms with Gasteiger partial charge in [0.2, 0.25) is 0 Å². The number of aromatic nitrogens is 1. The smallest absolute Gasteiger partial charge is 0.294 e. The van der Waals surface area contributed by atoms with Crippen molar-refractivity contribution < 1.29 is 10.0 Å². The molecule has 0 bridgehead atoms. The predicted molar refractivity (Wildman–Crippen MR) is 76.0 cm³/mol. The molecule has 0 saturated carbocycles. The maximum atomic E-state index is 11.2. The van der Waals surface area contributed by atoms with Gasteiger partial charge in [0.05, 0.1) is 26.8 Å². The zero-order chi connectivity index (χ0) is 14.2. The Morgan fingerprint density at radius 2 is 2.26 bits per heavy atom. The van der Waals surface area contributed by atoms with Crippen molar-refractivity contribution in [1.82, 2.24) is 4.98 Å². The Kier molecular flexibility index (Phi) is 3.68. The number of likely N-dealkylation sites (N-methyl/N-ethyl adjacent to an activating group) is 1. The van der Waals surface area contributed by atoms with E-state index in [1.54, 1.807) is 31.0 Å². The van der Waals surface area contributed by atoms with Gasteiger partial charge in [-0.3, -0.25) is 10.1 Å². The number of nitro benzene ring substituents is 1. The Morgan fingerprint density at radius 1 is 1.58 bits per heavy atom. The van der Waals surface area contributed by atoms with E-state index in [1.807, 2.05) is 6.92 Å².